The molecule has 1 aromatic rings. The summed E-state index contributed by atoms with van der Waals surface area (Å²) in [6.07, 6.45) is 0.521. The summed E-state index contributed by atoms with van der Waals surface area (Å²) in [5.41, 5.74) is 1.90. The van der Waals surface area contributed by atoms with Crippen LogP contribution in [0.4, 0.5) is 5.69 Å². The van der Waals surface area contributed by atoms with Gasteiger partial charge in [0, 0.05) is 14.1 Å². The van der Waals surface area contributed by atoms with E-state index >= 15 is 0 Å². The van der Waals surface area contributed by atoms with E-state index in [1.54, 1.807) is 13.0 Å². The molecule has 16 heavy (non-hydrogen) atoms. The zero-order valence-corrected chi connectivity index (χ0v) is 10.5. The van der Waals surface area contributed by atoms with Crippen molar-refractivity contribution in [2.45, 2.75) is 13.3 Å². The summed E-state index contributed by atoms with van der Waals surface area (Å²) in [7, 11) is 3.82. The smallest absolute Gasteiger partial charge is 0.306 e. The second-order valence-electron chi connectivity index (χ2n) is 4.12. The molecule has 0 aliphatic rings. The highest BCUT2D eigenvalue weighted by Crippen LogP contribution is 2.26. The Morgan fingerprint density at radius 1 is 1.50 bits per heavy atom. The molecule has 4 heteroatoms. The number of halogens is 1. The van der Waals surface area contributed by atoms with Crippen LogP contribution in [0.25, 0.3) is 0 Å². The van der Waals surface area contributed by atoms with Crippen molar-refractivity contribution >= 4 is 23.3 Å². The number of anilines is 1. The molecule has 0 spiro atoms. The molecular weight excluding hydrogens is 226 g/mol. The molecule has 0 aliphatic heterocycles. The molecule has 0 fully saturated rings. The first-order valence-electron chi connectivity index (χ1n) is 5.10. The average molecular weight is 242 g/mol. The number of carboxylic acid groups (broad SMARTS) is 1. The van der Waals surface area contributed by atoms with Gasteiger partial charge in [0.25, 0.3) is 0 Å². The topological polar surface area (TPSA) is 40.5 Å². The minimum Gasteiger partial charge on any atom is -0.481 e. The first kappa shape index (κ1) is 12.8. The molecule has 88 valence electrons. The van der Waals surface area contributed by atoms with Gasteiger partial charge >= 0.3 is 5.97 Å². The van der Waals surface area contributed by atoms with E-state index in [0.29, 0.717) is 11.4 Å². The number of carboxylic acids is 1. The van der Waals surface area contributed by atoms with Crippen LogP contribution in [-0.4, -0.2) is 25.2 Å². The Labute approximate surface area is 101 Å². The Hall–Kier alpha value is -1.22. The first-order valence-corrected chi connectivity index (χ1v) is 5.48. The maximum absolute atomic E-state index is 10.8. The van der Waals surface area contributed by atoms with Crippen molar-refractivity contribution in [3.05, 3.63) is 28.8 Å². The summed E-state index contributed by atoms with van der Waals surface area (Å²) < 4.78 is 0. The third-order valence-corrected chi connectivity index (χ3v) is 2.78. The van der Waals surface area contributed by atoms with E-state index in [2.05, 4.69) is 0 Å². The number of benzene rings is 1. The van der Waals surface area contributed by atoms with Gasteiger partial charge in [-0.1, -0.05) is 24.6 Å². The minimum absolute atomic E-state index is 0.379. The van der Waals surface area contributed by atoms with Gasteiger partial charge in [-0.05, 0) is 24.1 Å². The fourth-order valence-electron chi connectivity index (χ4n) is 1.47. The van der Waals surface area contributed by atoms with Gasteiger partial charge in [0.2, 0.25) is 0 Å². The minimum atomic E-state index is -0.777. The van der Waals surface area contributed by atoms with Crippen LogP contribution in [0.5, 0.6) is 0 Å². The van der Waals surface area contributed by atoms with Crippen molar-refractivity contribution in [2.75, 3.05) is 19.0 Å². The van der Waals surface area contributed by atoms with Crippen molar-refractivity contribution < 1.29 is 9.90 Å². The van der Waals surface area contributed by atoms with Gasteiger partial charge in [0.05, 0.1) is 16.6 Å². The van der Waals surface area contributed by atoms with Gasteiger partial charge in [-0.2, -0.15) is 0 Å². The van der Waals surface area contributed by atoms with E-state index in [4.69, 9.17) is 16.7 Å². The number of aliphatic carboxylic acids is 1. The first-order chi connectivity index (χ1) is 7.41. The largest absolute Gasteiger partial charge is 0.481 e. The lowest BCUT2D eigenvalue weighted by molar-refractivity contribution is -0.141. The highest BCUT2D eigenvalue weighted by atomic mass is 35.5. The summed E-state index contributed by atoms with van der Waals surface area (Å²) in [5.74, 6) is -1.16. The number of hydrogen-bond acceptors (Lipinski definition) is 2. The maximum atomic E-state index is 10.8. The summed E-state index contributed by atoms with van der Waals surface area (Å²) in [4.78, 5) is 12.7. The van der Waals surface area contributed by atoms with E-state index in [9.17, 15) is 4.79 Å². The van der Waals surface area contributed by atoms with Crippen molar-refractivity contribution in [3.63, 3.8) is 0 Å². The van der Waals surface area contributed by atoms with E-state index in [-0.39, 0.29) is 5.92 Å². The van der Waals surface area contributed by atoms with E-state index in [1.165, 1.54) is 0 Å². The van der Waals surface area contributed by atoms with Crippen LogP contribution in [0.15, 0.2) is 18.2 Å². The fraction of sp³-hybridized carbons (Fsp3) is 0.417. The van der Waals surface area contributed by atoms with Crippen LogP contribution < -0.4 is 4.90 Å². The molecule has 0 heterocycles. The third-order valence-electron chi connectivity index (χ3n) is 2.46. The van der Waals surface area contributed by atoms with Crippen LogP contribution in [0.1, 0.15) is 12.5 Å². The molecule has 0 aliphatic carbocycles. The second-order valence-corrected chi connectivity index (χ2v) is 4.53. The molecule has 1 rings (SSSR count). The summed E-state index contributed by atoms with van der Waals surface area (Å²) in [5, 5.41) is 9.52. The molecule has 0 bridgehead atoms. The van der Waals surface area contributed by atoms with Crippen molar-refractivity contribution in [2.24, 2.45) is 5.92 Å². The Morgan fingerprint density at radius 2 is 2.12 bits per heavy atom. The van der Waals surface area contributed by atoms with Crippen LogP contribution in [0, 0.1) is 5.92 Å². The average Bonchev–Trinajstić information content (AvgIpc) is 2.20. The normalized spacial score (nSPS) is 12.2. The summed E-state index contributed by atoms with van der Waals surface area (Å²) in [6.45, 7) is 1.70. The van der Waals surface area contributed by atoms with E-state index < -0.39 is 5.97 Å². The quantitative estimate of drug-likeness (QED) is 0.881. The Morgan fingerprint density at radius 3 is 2.62 bits per heavy atom. The van der Waals surface area contributed by atoms with Crippen LogP contribution in [-0.2, 0) is 11.2 Å². The van der Waals surface area contributed by atoms with Crippen molar-refractivity contribution in [1.82, 2.24) is 0 Å². The van der Waals surface area contributed by atoms with Crippen LogP contribution >= 0.6 is 11.6 Å². The molecule has 1 atom stereocenters. The zero-order valence-electron chi connectivity index (χ0n) is 9.70. The number of carbonyl (C=O) groups is 1. The van der Waals surface area contributed by atoms with Gasteiger partial charge in [0.15, 0.2) is 0 Å². The summed E-state index contributed by atoms with van der Waals surface area (Å²) >= 11 is 6.03. The lowest BCUT2D eigenvalue weighted by atomic mass is 10.0. The molecule has 0 amide bonds. The van der Waals surface area contributed by atoms with Crippen molar-refractivity contribution in [3.8, 4) is 0 Å². The maximum Gasteiger partial charge on any atom is 0.306 e. The molecular formula is C12H16ClNO2. The van der Waals surface area contributed by atoms with Crippen molar-refractivity contribution in [1.29, 1.82) is 0 Å². The second kappa shape index (κ2) is 5.21. The number of hydrogen-bond donors (Lipinski definition) is 1. The number of nitrogens with zero attached hydrogens (tertiary/aromatic N) is 1. The lowest BCUT2D eigenvalue weighted by Crippen LogP contribution is -2.13. The zero-order chi connectivity index (χ0) is 12.3. The highest BCUT2D eigenvalue weighted by molar-refractivity contribution is 6.33. The Bertz CT molecular complexity index is 391. The van der Waals surface area contributed by atoms with Gasteiger partial charge in [-0.3, -0.25) is 4.79 Å². The summed E-state index contributed by atoms with van der Waals surface area (Å²) in [6, 6.07) is 5.61. The van der Waals surface area contributed by atoms with Gasteiger partial charge in [-0.15, -0.1) is 0 Å². The Balaban J connectivity index is 2.91. The van der Waals surface area contributed by atoms with Gasteiger partial charge < -0.3 is 10.0 Å². The fourth-order valence-corrected chi connectivity index (χ4v) is 1.76. The molecule has 1 N–H and O–H groups in total. The standard InChI is InChI=1S/C12H16ClNO2/c1-8(12(15)16)6-9-4-5-10(13)11(7-9)14(2)3/h4-5,7-8H,6H2,1-3H3,(H,15,16). The van der Waals surface area contributed by atoms with E-state index in [0.717, 1.165) is 11.3 Å². The lowest BCUT2D eigenvalue weighted by Gasteiger charge is -2.16. The molecule has 0 saturated heterocycles. The van der Waals surface area contributed by atoms with Crippen LogP contribution in [0.2, 0.25) is 5.02 Å². The molecule has 1 aromatic carbocycles. The molecule has 3 nitrogen and oxygen atoms in total. The highest BCUT2D eigenvalue weighted by Gasteiger charge is 2.12. The SMILES string of the molecule is CC(Cc1ccc(Cl)c(N(C)C)c1)C(=O)O. The van der Waals surface area contributed by atoms with Gasteiger partial charge in [0.1, 0.15) is 0 Å². The van der Waals surface area contributed by atoms with E-state index in [1.807, 2.05) is 31.1 Å². The molecule has 0 aromatic heterocycles. The predicted octanol–water partition coefficient (Wildman–Crippen LogP) is 2.67. The predicted molar refractivity (Wildman–Crippen MR) is 66.3 cm³/mol. The van der Waals surface area contributed by atoms with Gasteiger partial charge in [-0.25, -0.2) is 0 Å². The Kier molecular flexibility index (Phi) is 4.19. The molecule has 0 saturated carbocycles. The third kappa shape index (κ3) is 3.14. The number of rotatable bonds is 4. The molecule has 1 unspecified atom stereocenters. The molecule has 0 radical (unpaired) electrons. The monoisotopic (exact) mass is 241 g/mol. The van der Waals surface area contributed by atoms with Crippen LogP contribution in [0.3, 0.4) is 0 Å².